The average molecular weight is 362 g/mol. The Morgan fingerprint density at radius 1 is 1.42 bits per heavy atom. The summed E-state index contributed by atoms with van der Waals surface area (Å²) in [5.74, 6) is 0.274. The number of rotatable bonds is 4. The molecule has 2 heterocycles. The lowest BCUT2D eigenvalue weighted by Gasteiger charge is -2.35. The number of methoxy groups -OCH3 is 1. The van der Waals surface area contributed by atoms with Gasteiger partial charge in [0.25, 0.3) is 0 Å². The third kappa shape index (κ3) is 3.79. The van der Waals surface area contributed by atoms with Crippen molar-refractivity contribution in [1.29, 1.82) is 0 Å². The molecule has 1 atom stereocenters. The highest BCUT2D eigenvalue weighted by molar-refractivity contribution is 5.85. The van der Waals surface area contributed by atoms with Gasteiger partial charge in [0.05, 0.1) is 18.1 Å². The first-order chi connectivity index (χ1) is 12.5. The van der Waals surface area contributed by atoms with E-state index in [1.54, 1.807) is 18.0 Å². The number of aromatic amines is 1. The Morgan fingerprint density at radius 3 is 3.00 bits per heavy atom. The van der Waals surface area contributed by atoms with Crippen molar-refractivity contribution in [2.75, 3.05) is 27.2 Å². The SMILES string of the molecule is COC(=O)N1CCCCC1C(=O)N(C)CCc1nc2ccc(F)cc2[nH]1. The number of benzene rings is 1. The normalized spacial score (nSPS) is 17.3. The molecule has 1 aromatic carbocycles. The van der Waals surface area contributed by atoms with Crippen LogP contribution in [-0.2, 0) is 16.0 Å². The summed E-state index contributed by atoms with van der Waals surface area (Å²) in [4.78, 5) is 35.3. The molecule has 2 amide bonds. The van der Waals surface area contributed by atoms with Crippen molar-refractivity contribution >= 4 is 23.0 Å². The van der Waals surface area contributed by atoms with Crippen molar-refractivity contribution in [3.05, 3.63) is 29.8 Å². The fourth-order valence-electron chi connectivity index (χ4n) is 3.32. The summed E-state index contributed by atoms with van der Waals surface area (Å²) in [6.45, 7) is 0.985. The highest BCUT2D eigenvalue weighted by Crippen LogP contribution is 2.20. The van der Waals surface area contributed by atoms with E-state index >= 15 is 0 Å². The quantitative estimate of drug-likeness (QED) is 0.905. The topological polar surface area (TPSA) is 78.5 Å². The first-order valence-corrected chi connectivity index (χ1v) is 8.73. The van der Waals surface area contributed by atoms with Crippen molar-refractivity contribution in [2.45, 2.75) is 31.7 Å². The zero-order valence-electron chi connectivity index (χ0n) is 15.0. The summed E-state index contributed by atoms with van der Waals surface area (Å²) in [6.07, 6.45) is 2.48. The number of ether oxygens (including phenoxy) is 1. The molecule has 7 nitrogen and oxygen atoms in total. The molecule has 1 aliphatic rings. The summed E-state index contributed by atoms with van der Waals surface area (Å²) >= 11 is 0. The number of hydrogen-bond acceptors (Lipinski definition) is 4. The van der Waals surface area contributed by atoms with Crippen LogP contribution in [0.1, 0.15) is 25.1 Å². The number of hydrogen-bond donors (Lipinski definition) is 1. The van der Waals surface area contributed by atoms with Crippen LogP contribution in [0.2, 0.25) is 0 Å². The number of likely N-dealkylation sites (N-methyl/N-ethyl adjacent to an activating group) is 1. The second-order valence-corrected chi connectivity index (χ2v) is 6.53. The van der Waals surface area contributed by atoms with E-state index in [1.807, 2.05) is 0 Å². The van der Waals surface area contributed by atoms with E-state index in [9.17, 15) is 14.0 Å². The molecule has 1 aliphatic heterocycles. The van der Waals surface area contributed by atoms with Crippen LogP contribution in [-0.4, -0.2) is 65.1 Å². The number of H-pyrrole nitrogens is 1. The van der Waals surface area contributed by atoms with E-state index in [2.05, 4.69) is 9.97 Å². The molecule has 3 rings (SSSR count). The van der Waals surface area contributed by atoms with E-state index < -0.39 is 12.1 Å². The highest BCUT2D eigenvalue weighted by atomic mass is 19.1. The van der Waals surface area contributed by atoms with Crippen molar-refractivity contribution in [3.63, 3.8) is 0 Å². The third-order valence-corrected chi connectivity index (χ3v) is 4.75. The average Bonchev–Trinajstić information content (AvgIpc) is 3.06. The van der Waals surface area contributed by atoms with Crippen LogP contribution in [0, 0.1) is 5.82 Å². The van der Waals surface area contributed by atoms with E-state index in [-0.39, 0.29) is 11.7 Å². The van der Waals surface area contributed by atoms with E-state index in [1.165, 1.54) is 24.1 Å². The monoisotopic (exact) mass is 362 g/mol. The number of carbonyl (C=O) groups excluding carboxylic acids is 2. The second kappa shape index (κ2) is 7.72. The predicted octanol–water partition coefficient (Wildman–Crippen LogP) is 2.32. The lowest BCUT2D eigenvalue weighted by Crippen LogP contribution is -2.52. The van der Waals surface area contributed by atoms with E-state index in [0.717, 1.165) is 12.8 Å². The van der Waals surface area contributed by atoms with Gasteiger partial charge in [-0.05, 0) is 37.5 Å². The molecule has 1 fully saturated rings. The molecule has 0 radical (unpaired) electrons. The van der Waals surface area contributed by atoms with Gasteiger partial charge in [-0.1, -0.05) is 0 Å². The van der Waals surface area contributed by atoms with Gasteiger partial charge in [-0.25, -0.2) is 14.2 Å². The predicted molar refractivity (Wildman–Crippen MR) is 94.1 cm³/mol. The largest absolute Gasteiger partial charge is 0.453 e. The zero-order chi connectivity index (χ0) is 18.7. The molecule has 2 aromatic rings. The fraction of sp³-hybridized carbons (Fsp3) is 0.500. The van der Waals surface area contributed by atoms with Crippen molar-refractivity contribution in [1.82, 2.24) is 19.8 Å². The van der Waals surface area contributed by atoms with Crippen molar-refractivity contribution in [2.24, 2.45) is 0 Å². The standard InChI is InChI=1S/C18H23FN4O3/c1-22(17(24)15-5-3-4-9-23(15)18(25)26-2)10-8-16-20-13-7-6-12(19)11-14(13)21-16/h6-7,11,15H,3-5,8-10H2,1-2H3,(H,20,21). The number of amides is 2. The van der Waals surface area contributed by atoms with Crippen LogP contribution in [0.15, 0.2) is 18.2 Å². The van der Waals surface area contributed by atoms with Crippen LogP contribution in [0.3, 0.4) is 0 Å². The first kappa shape index (κ1) is 18.2. The number of aromatic nitrogens is 2. The third-order valence-electron chi connectivity index (χ3n) is 4.75. The van der Waals surface area contributed by atoms with Gasteiger partial charge in [0.2, 0.25) is 5.91 Å². The number of fused-ring (bicyclic) bond motifs is 1. The fourth-order valence-corrected chi connectivity index (χ4v) is 3.32. The molecular formula is C18H23FN4O3. The number of nitrogens with one attached hydrogen (secondary N) is 1. The maximum absolute atomic E-state index is 13.3. The van der Waals surface area contributed by atoms with Crippen LogP contribution < -0.4 is 0 Å². The highest BCUT2D eigenvalue weighted by Gasteiger charge is 2.34. The Morgan fingerprint density at radius 2 is 2.23 bits per heavy atom. The number of likely N-dealkylation sites (tertiary alicyclic amines) is 1. The van der Waals surface area contributed by atoms with Crippen LogP contribution >= 0.6 is 0 Å². The van der Waals surface area contributed by atoms with Gasteiger partial charge in [-0.2, -0.15) is 0 Å². The molecule has 1 unspecified atom stereocenters. The molecule has 0 saturated carbocycles. The molecule has 0 aliphatic carbocycles. The van der Waals surface area contributed by atoms with Crippen LogP contribution in [0.25, 0.3) is 11.0 Å². The van der Waals surface area contributed by atoms with Gasteiger partial charge in [0, 0.05) is 26.6 Å². The minimum atomic E-state index is -0.481. The van der Waals surface area contributed by atoms with Crippen LogP contribution in [0.4, 0.5) is 9.18 Å². The van der Waals surface area contributed by atoms with Gasteiger partial charge >= 0.3 is 6.09 Å². The molecule has 0 spiro atoms. The summed E-state index contributed by atoms with van der Waals surface area (Å²) < 4.78 is 18.1. The van der Waals surface area contributed by atoms with Gasteiger partial charge in [-0.15, -0.1) is 0 Å². The molecule has 1 saturated heterocycles. The molecule has 26 heavy (non-hydrogen) atoms. The number of piperidine rings is 1. The van der Waals surface area contributed by atoms with Crippen LogP contribution in [0.5, 0.6) is 0 Å². The zero-order valence-corrected chi connectivity index (χ0v) is 15.0. The maximum atomic E-state index is 13.3. The molecule has 0 bridgehead atoms. The van der Waals surface area contributed by atoms with E-state index in [0.29, 0.717) is 42.8 Å². The lowest BCUT2D eigenvalue weighted by molar-refractivity contribution is -0.136. The van der Waals surface area contributed by atoms with Crippen molar-refractivity contribution in [3.8, 4) is 0 Å². The Hall–Kier alpha value is -2.64. The summed E-state index contributed by atoms with van der Waals surface area (Å²) in [5.41, 5.74) is 1.33. The minimum absolute atomic E-state index is 0.0998. The lowest BCUT2D eigenvalue weighted by atomic mass is 10.0. The van der Waals surface area contributed by atoms with Crippen molar-refractivity contribution < 1.29 is 18.7 Å². The van der Waals surface area contributed by atoms with Gasteiger partial charge in [-0.3, -0.25) is 9.69 Å². The van der Waals surface area contributed by atoms with Gasteiger partial charge in [0.1, 0.15) is 17.7 Å². The summed E-state index contributed by atoms with van der Waals surface area (Å²) in [6, 6.07) is 3.91. The Labute approximate surface area is 151 Å². The number of nitrogens with zero attached hydrogens (tertiary/aromatic N) is 3. The Bertz CT molecular complexity index is 807. The summed E-state index contributed by atoms with van der Waals surface area (Å²) in [7, 11) is 3.04. The number of carbonyl (C=O) groups is 2. The number of halogens is 1. The first-order valence-electron chi connectivity index (χ1n) is 8.73. The van der Waals surface area contributed by atoms with Gasteiger partial charge in [0.15, 0.2) is 0 Å². The second-order valence-electron chi connectivity index (χ2n) is 6.53. The Balaban J connectivity index is 1.63. The minimum Gasteiger partial charge on any atom is -0.453 e. The molecule has 1 aromatic heterocycles. The van der Waals surface area contributed by atoms with Gasteiger partial charge < -0.3 is 14.6 Å². The molecular weight excluding hydrogens is 339 g/mol. The smallest absolute Gasteiger partial charge is 0.410 e. The molecule has 8 heteroatoms. The maximum Gasteiger partial charge on any atom is 0.410 e. The Kier molecular flexibility index (Phi) is 5.39. The molecule has 1 N–H and O–H groups in total. The van der Waals surface area contributed by atoms with E-state index in [4.69, 9.17) is 4.74 Å². The summed E-state index contributed by atoms with van der Waals surface area (Å²) in [5, 5.41) is 0. The number of imidazole rings is 1. The molecule has 140 valence electrons.